The van der Waals surface area contributed by atoms with Crippen LogP contribution in [-0.4, -0.2) is 35.7 Å². The molecule has 0 aromatic heterocycles. The van der Waals surface area contributed by atoms with Crippen LogP contribution in [0.15, 0.2) is 18.2 Å². The quantitative estimate of drug-likeness (QED) is 0.883. The molecule has 4 nitrogen and oxygen atoms in total. The zero-order valence-electron chi connectivity index (χ0n) is 13.8. The van der Waals surface area contributed by atoms with E-state index >= 15 is 0 Å². The molecule has 1 saturated heterocycles. The van der Waals surface area contributed by atoms with Crippen LogP contribution in [0.2, 0.25) is 10.0 Å². The van der Waals surface area contributed by atoms with Gasteiger partial charge in [-0.1, -0.05) is 35.3 Å². The van der Waals surface area contributed by atoms with Gasteiger partial charge in [-0.3, -0.25) is 0 Å². The van der Waals surface area contributed by atoms with Gasteiger partial charge >= 0.3 is 6.09 Å². The van der Waals surface area contributed by atoms with Crippen LogP contribution in [0.5, 0.6) is 0 Å². The Kier molecular flexibility index (Phi) is 5.82. The standard InChI is InChI=1S/C17H24Cl2N2O2/c1-17(2,3)23-16(22)21-8-7-12(10-21)14(20)9-11-5-4-6-13(18)15(11)19/h4-6,12,14H,7-10,20H2,1-3H3. The maximum atomic E-state index is 12.1. The van der Waals surface area contributed by atoms with Gasteiger partial charge in [0.2, 0.25) is 0 Å². The SMILES string of the molecule is CC(C)(C)OC(=O)N1CCC(C(N)Cc2cccc(Cl)c2Cl)C1. The number of hydrogen-bond acceptors (Lipinski definition) is 3. The first-order chi connectivity index (χ1) is 10.7. The molecule has 23 heavy (non-hydrogen) atoms. The van der Waals surface area contributed by atoms with Gasteiger partial charge in [0.05, 0.1) is 10.0 Å². The van der Waals surface area contributed by atoms with Gasteiger partial charge < -0.3 is 15.4 Å². The lowest BCUT2D eigenvalue weighted by molar-refractivity contribution is 0.0286. The Balaban J connectivity index is 1.93. The molecule has 2 unspecified atom stereocenters. The normalized spacial score (nSPS) is 19.7. The van der Waals surface area contributed by atoms with E-state index in [1.54, 1.807) is 11.0 Å². The van der Waals surface area contributed by atoms with E-state index in [9.17, 15) is 4.79 Å². The minimum atomic E-state index is -0.481. The van der Waals surface area contributed by atoms with Crippen molar-refractivity contribution in [3.8, 4) is 0 Å². The van der Waals surface area contributed by atoms with Crippen molar-refractivity contribution in [2.24, 2.45) is 11.7 Å². The lowest BCUT2D eigenvalue weighted by Gasteiger charge is -2.25. The molecule has 128 valence electrons. The Morgan fingerprint density at radius 3 is 2.78 bits per heavy atom. The number of ether oxygens (including phenoxy) is 1. The smallest absolute Gasteiger partial charge is 0.410 e. The number of benzene rings is 1. The Morgan fingerprint density at radius 2 is 2.13 bits per heavy atom. The minimum Gasteiger partial charge on any atom is -0.444 e. The second-order valence-electron chi connectivity index (χ2n) is 7.06. The molecular weight excluding hydrogens is 335 g/mol. The highest BCUT2D eigenvalue weighted by Gasteiger charge is 2.32. The van der Waals surface area contributed by atoms with Crippen molar-refractivity contribution in [2.75, 3.05) is 13.1 Å². The van der Waals surface area contributed by atoms with Crippen molar-refractivity contribution in [1.82, 2.24) is 4.90 Å². The first-order valence-corrected chi connectivity index (χ1v) is 8.59. The lowest BCUT2D eigenvalue weighted by Crippen LogP contribution is -2.38. The van der Waals surface area contributed by atoms with Crippen molar-refractivity contribution < 1.29 is 9.53 Å². The third-order valence-electron chi connectivity index (χ3n) is 3.97. The topological polar surface area (TPSA) is 55.6 Å². The van der Waals surface area contributed by atoms with Crippen LogP contribution < -0.4 is 5.73 Å². The number of rotatable bonds is 3. The molecule has 1 aromatic rings. The van der Waals surface area contributed by atoms with Crippen molar-refractivity contribution in [3.05, 3.63) is 33.8 Å². The van der Waals surface area contributed by atoms with Crippen molar-refractivity contribution in [3.63, 3.8) is 0 Å². The van der Waals surface area contributed by atoms with Crippen LogP contribution >= 0.6 is 23.2 Å². The van der Waals surface area contributed by atoms with Gasteiger partial charge in [-0.25, -0.2) is 4.79 Å². The number of halogens is 2. The fraction of sp³-hybridized carbons (Fsp3) is 0.588. The highest BCUT2D eigenvalue weighted by atomic mass is 35.5. The monoisotopic (exact) mass is 358 g/mol. The molecule has 0 radical (unpaired) electrons. The average Bonchev–Trinajstić information content (AvgIpc) is 2.92. The van der Waals surface area contributed by atoms with Crippen LogP contribution in [0.4, 0.5) is 4.79 Å². The number of amides is 1. The fourth-order valence-corrected chi connectivity index (χ4v) is 3.15. The lowest BCUT2D eigenvalue weighted by atomic mass is 9.93. The fourth-order valence-electron chi connectivity index (χ4n) is 2.76. The molecule has 0 bridgehead atoms. The molecule has 2 N–H and O–H groups in total. The van der Waals surface area contributed by atoms with E-state index in [1.807, 2.05) is 32.9 Å². The van der Waals surface area contributed by atoms with Gasteiger partial charge in [-0.2, -0.15) is 0 Å². The molecule has 1 amide bonds. The molecule has 1 aromatic carbocycles. The number of nitrogens with zero attached hydrogens (tertiary/aromatic N) is 1. The third kappa shape index (κ3) is 5.00. The first kappa shape index (κ1) is 18.4. The van der Waals surface area contributed by atoms with E-state index in [-0.39, 0.29) is 18.1 Å². The molecule has 0 saturated carbocycles. The van der Waals surface area contributed by atoms with Gasteiger partial charge in [-0.05, 0) is 51.2 Å². The molecule has 6 heteroatoms. The van der Waals surface area contributed by atoms with Crippen LogP contribution in [0, 0.1) is 5.92 Å². The van der Waals surface area contributed by atoms with Gasteiger partial charge in [0, 0.05) is 19.1 Å². The van der Waals surface area contributed by atoms with E-state index in [0.717, 1.165) is 12.0 Å². The zero-order valence-corrected chi connectivity index (χ0v) is 15.3. The summed E-state index contributed by atoms with van der Waals surface area (Å²) in [5.41, 5.74) is 6.81. The Hall–Kier alpha value is -0.970. The van der Waals surface area contributed by atoms with Crippen LogP contribution in [0.3, 0.4) is 0 Å². The summed E-state index contributed by atoms with van der Waals surface area (Å²) in [5.74, 6) is 0.234. The molecule has 1 aliphatic rings. The molecule has 0 spiro atoms. The largest absolute Gasteiger partial charge is 0.444 e. The number of nitrogens with two attached hydrogens (primary N) is 1. The summed E-state index contributed by atoms with van der Waals surface area (Å²) in [6, 6.07) is 5.50. The Morgan fingerprint density at radius 1 is 1.43 bits per heavy atom. The van der Waals surface area contributed by atoms with E-state index in [0.29, 0.717) is 29.6 Å². The van der Waals surface area contributed by atoms with Gasteiger partial charge in [-0.15, -0.1) is 0 Å². The maximum Gasteiger partial charge on any atom is 0.410 e. The summed E-state index contributed by atoms with van der Waals surface area (Å²) in [5, 5.41) is 1.10. The zero-order chi connectivity index (χ0) is 17.2. The number of carbonyl (C=O) groups is 1. The van der Waals surface area contributed by atoms with Crippen molar-refractivity contribution in [2.45, 2.75) is 45.3 Å². The van der Waals surface area contributed by atoms with Gasteiger partial charge in [0.25, 0.3) is 0 Å². The van der Waals surface area contributed by atoms with Crippen molar-refractivity contribution in [1.29, 1.82) is 0 Å². The van der Waals surface area contributed by atoms with E-state index < -0.39 is 5.60 Å². The second kappa shape index (κ2) is 7.29. The molecule has 2 rings (SSSR count). The average molecular weight is 359 g/mol. The highest BCUT2D eigenvalue weighted by Crippen LogP contribution is 2.29. The molecule has 2 atom stereocenters. The van der Waals surface area contributed by atoms with Crippen LogP contribution in [0.1, 0.15) is 32.8 Å². The third-order valence-corrected chi connectivity index (χ3v) is 4.83. The van der Waals surface area contributed by atoms with E-state index in [4.69, 9.17) is 33.7 Å². The predicted octanol–water partition coefficient (Wildman–Crippen LogP) is 4.12. The van der Waals surface area contributed by atoms with Gasteiger partial charge in [0.1, 0.15) is 5.60 Å². The predicted molar refractivity (Wildman–Crippen MR) is 94.1 cm³/mol. The van der Waals surface area contributed by atoms with Crippen molar-refractivity contribution >= 4 is 29.3 Å². The van der Waals surface area contributed by atoms with Crippen LogP contribution in [0.25, 0.3) is 0 Å². The molecule has 1 heterocycles. The number of hydrogen-bond donors (Lipinski definition) is 1. The molecule has 0 aliphatic carbocycles. The van der Waals surface area contributed by atoms with Crippen LogP contribution in [-0.2, 0) is 11.2 Å². The molecule has 1 aliphatic heterocycles. The highest BCUT2D eigenvalue weighted by molar-refractivity contribution is 6.42. The Bertz CT molecular complexity index is 572. The summed E-state index contributed by atoms with van der Waals surface area (Å²) >= 11 is 12.3. The summed E-state index contributed by atoms with van der Waals surface area (Å²) < 4.78 is 5.41. The molecular formula is C17H24Cl2N2O2. The number of likely N-dealkylation sites (tertiary alicyclic amines) is 1. The van der Waals surface area contributed by atoms with E-state index in [1.165, 1.54) is 0 Å². The minimum absolute atomic E-state index is 0.0709. The summed E-state index contributed by atoms with van der Waals surface area (Å²) in [6.45, 7) is 6.90. The second-order valence-corrected chi connectivity index (χ2v) is 7.84. The molecule has 1 fully saturated rings. The maximum absolute atomic E-state index is 12.1. The summed E-state index contributed by atoms with van der Waals surface area (Å²) in [7, 11) is 0. The first-order valence-electron chi connectivity index (χ1n) is 7.84. The number of carbonyl (C=O) groups excluding carboxylic acids is 1. The summed E-state index contributed by atoms with van der Waals surface area (Å²) in [4.78, 5) is 13.8. The Labute approximate surface area is 147 Å². The van der Waals surface area contributed by atoms with E-state index in [2.05, 4.69) is 0 Å². The summed E-state index contributed by atoms with van der Waals surface area (Å²) in [6.07, 6.45) is 1.25. The van der Waals surface area contributed by atoms with Gasteiger partial charge in [0.15, 0.2) is 0 Å².